The summed E-state index contributed by atoms with van der Waals surface area (Å²) in [5.74, 6) is -1.79. The number of phenols is 3. The number of carbonyl (C=O) groups is 4. The van der Waals surface area contributed by atoms with Gasteiger partial charge >= 0.3 is 23.9 Å². The van der Waals surface area contributed by atoms with Crippen LogP contribution in [0, 0.1) is 0 Å². The van der Waals surface area contributed by atoms with Crippen molar-refractivity contribution in [3.8, 4) is 46.0 Å². The van der Waals surface area contributed by atoms with Crippen LogP contribution in [0.5, 0.6) is 46.0 Å². The van der Waals surface area contributed by atoms with Crippen LogP contribution in [0.25, 0.3) is 65.4 Å². The third-order valence-corrected chi connectivity index (χ3v) is 15.8. The molecule has 8 aromatic carbocycles. The Balaban J connectivity index is 0.000000177. The topological polar surface area (TPSA) is 323 Å². The van der Waals surface area contributed by atoms with E-state index in [9.17, 15) is 59.1 Å². The van der Waals surface area contributed by atoms with Gasteiger partial charge in [0.25, 0.3) is 0 Å². The lowest BCUT2D eigenvalue weighted by molar-refractivity contribution is -0.143. The number of aromatic hydroxyl groups is 3. The molecular formula is C69H63Cl4IN4O19. The number of para-hydroxylation sites is 4. The number of carboxylic acids is 2. The van der Waals surface area contributed by atoms with Crippen molar-refractivity contribution in [2.45, 2.75) is 46.9 Å². The number of carbonyl (C=O) groups excluding carboxylic acids is 2. The van der Waals surface area contributed by atoms with Gasteiger partial charge in [-0.2, -0.15) is 0 Å². The number of halogens is 5. The molecule has 11 aromatic rings. The number of ether oxygens (including phenoxy) is 7. The highest BCUT2D eigenvalue weighted by Crippen LogP contribution is 2.43. The number of rotatable bonds is 16. The van der Waals surface area contributed by atoms with Gasteiger partial charge in [-0.25, -0.2) is 4.79 Å². The normalized spacial score (nSPS) is 10.7. The summed E-state index contributed by atoms with van der Waals surface area (Å²) < 4.78 is 39.8. The molecule has 0 saturated carbocycles. The summed E-state index contributed by atoms with van der Waals surface area (Å²) in [5, 5.41) is 54.2. The fraction of sp³-hybridized carbons (Fsp3) is 0.203. The molecule has 0 saturated heterocycles. The average molecular weight is 1520 g/mol. The second-order valence-corrected chi connectivity index (χ2v) is 23.0. The number of hydrogen-bond acceptors (Lipinski definition) is 18. The minimum atomic E-state index is -1.10. The number of aromatic carboxylic acids is 1. The van der Waals surface area contributed by atoms with E-state index in [2.05, 4.69) is 15.0 Å². The van der Waals surface area contributed by atoms with Crippen LogP contribution in [0.1, 0.15) is 38.1 Å². The number of methoxy groups -OCH3 is 4. The number of aliphatic carboxylic acids is 1. The number of carboxylic acid groups (broad SMARTS) is 2. The van der Waals surface area contributed by atoms with Gasteiger partial charge in [0.1, 0.15) is 47.1 Å². The number of anilines is 2. The van der Waals surface area contributed by atoms with Crippen LogP contribution < -0.4 is 45.3 Å². The van der Waals surface area contributed by atoms with Gasteiger partial charge in [-0.15, -0.1) is 0 Å². The molecule has 0 spiro atoms. The molecule has 508 valence electrons. The molecule has 11 rings (SSSR count). The third-order valence-electron chi connectivity index (χ3n) is 14.1. The second-order valence-electron chi connectivity index (χ2n) is 20.6. The molecule has 97 heavy (non-hydrogen) atoms. The summed E-state index contributed by atoms with van der Waals surface area (Å²) >= 11 is 26.4. The number of alkyl halides is 1. The minimum absolute atomic E-state index is 0.0152. The largest absolute Gasteiger partial charge is 0.507 e. The Labute approximate surface area is 585 Å². The maximum Gasteiger partial charge on any atom is 0.337 e. The second kappa shape index (κ2) is 33.7. The quantitative estimate of drug-likeness (QED) is 0.0204. The Morgan fingerprint density at radius 1 is 0.536 bits per heavy atom. The van der Waals surface area contributed by atoms with E-state index in [0.717, 1.165) is 0 Å². The van der Waals surface area contributed by atoms with E-state index >= 15 is 0 Å². The number of benzene rings is 8. The molecule has 0 bridgehead atoms. The lowest BCUT2D eigenvalue weighted by Crippen LogP contribution is -2.18. The smallest absolute Gasteiger partial charge is 0.337 e. The maximum absolute atomic E-state index is 12.9. The molecule has 0 amide bonds. The van der Waals surface area contributed by atoms with Gasteiger partial charge in [-0.05, 0) is 76.2 Å². The minimum Gasteiger partial charge on any atom is -0.507 e. The van der Waals surface area contributed by atoms with Gasteiger partial charge in [-0.3, -0.25) is 28.8 Å². The van der Waals surface area contributed by atoms with E-state index in [-0.39, 0.29) is 113 Å². The van der Waals surface area contributed by atoms with Gasteiger partial charge in [-0.1, -0.05) is 118 Å². The van der Waals surface area contributed by atoms with Crippen LogP contribution in [0.3, 0.4) is 0 Å². The van der Waals surface area contributed by atoms with Crippen LogP contribution in [-0.2, 0) is 36.9 Å². The summed E-state index contributed by atoms with van der Waals surface area (Å²) in [5.41, 5.74) is 2.52. The fourth-order valence-electron chi connectivity index (χ4n) is 10.2. The van der Waals surface area contributed by atoms with E-state index in [1.165, 1.54) is 57.3 Å². The number of nitrogens with zero attached hydrogens (tertiary/aromatic N) is 2. The van der Waals surface area contributed by atoms with Crippen LogP contribution in [0.15, 0.2) is 142 Å². The molecule has 0 aliphatic rings. The number of fused-ring (bicyclic) bond motifs is 6. The zero-order valence-electron chi connectivity index (χ0n) is 53.0. The first kappa shape index (κ1) is 74.5. The van der Waals surface area contributed by atoms with E-state index in [1.54, 1.807) is 115 Å². The zero-order chi connectivity index (χ0) is 71.1. The molecular weight excluding hydrogens is 1460 g/mol. The Morgan fingerprint density at radius 3 is 1.44 bits per heavy atom. The van der Waals surface area contributed by atoms with Crippen molar-refractivity contribution in [3.05, 3.63) is 184 Å². The van der Waals surface area contributed by atoms with Crippen molar-refractivity contribution < 1.29 is 77.9 Å². The number of esters is 2. The number of hydrogen-bond donors (Lipinski definition) is 7. The van der Waals surface area contributed by atoms with Gasteiger partial charge in [0.05, 0.1) is 122 Å². The number of nitrogens with one attached hydrogen (secondary N) is 2. The van der Waals surface area contributed by atoms with E-state index < -0.39 is 29.9 Å². The Kier molecular flexibility index (Phi) is 25.9. The van der Waals surface area contributed by atoms with Crippen molar-refractivity contribution in [1.29, 1.82) is 0 Å². The number of aromatic nitrogens is 3. The Hall–Kier alpha value is -9.86. The van der Waals surface area contributed by atoms with Crippen LogP contribution in [-0.4, -0.2) is 116 Å². The Bertz CT molecular complexity index is 5000. The summed E-state index contributed by atoms with van der Waals surface area (Å²) in [6.45, 7) is 7.48. The number of phenolic OH excluding ortho intramolecular Hbond substituents is 3. The van der Waals surface area contributed by atoms with Crippen molar-refractivity contribution in [2.24, 2.45) is 0 Å². The molecule has 0 unspecified atom stereocenters. The first-order valence-corrected chi connectivity index (χ1v) is 32.1. The molecule has 3 heterocycles. The maximum atomic E-state index is 12.9. The monoisotopic (exact) mass is 1520 g/mol. The van der Waals surface area contributed by atoms with Gasteiger partial charge in [0.15, 0.2) is 23.0 Å². The SMILES string of the molecule is CCOC(=O)CI.CCOC(=O)Cn1c2ccccc2c(=O)c2c(O)cc(Cl)c(OC)c21.COc1c(Cl)cc(O)c2c(=O)c3ccccc3[nH]c12.COc1c(Cl)cc(O)c2c(=O)c3ccccc3n(CC(=O)O)c12.COc1c(Cl)cc(OC(C)C)cc1Nc1ccccc1C(=O)O. The van der Waals surface area contributed by atoms with Gasteiger partial charge in [0.2, 0.25) is 16.3 Å². The predicted octanol–water partition coefficient (Wildman–Crippen LogP) is 14.3. The Morgan fingerprint density at radius 2 is 0.969 bits per heavy atom. The summed E-state index contributed by atoms with van der Waals surface area (Å²) in [7, 11) is 5.73. The van der Waals surface area contributed by atoms with Gasteiger partial charge < -0.3 is 78.1 Å². The van der Waals surface area contributed by atoms with Crippen molar-refractivity contribution >= 4 is 170 Å². The van der Waals surface area contributed by atoms with Crippen molar-refractivity contribution in [1.82, 2.24) is 14.1 Å². The highest BCUT2D eigenvalue weighted by Gasteiger charge is 2.25. The van der Waals surface area contributed by atoms with Gasteiger partial charge in [0, 0.05) is 52.0 Å². The van der Waals surface area contributed by atoms with Crippen molar-refractivity contribution in [3.63, 3.8) is 0 Å². The number of pyridine rings is 3. The van der Waals surface area contributed by atoms with E-state index in [1.807, 2.05) is 42.5 Å². The standard InChI is InChI=1S/C18H16ClNO5.C17H18ClNO4.C16H12ClNO5.C14H10ClNO3.C4H7IO2/c1-3-25-14(22)9-20-12-7-5-4-6-10(12)17(23)15-13(21)8-11(19)18(24-2)16(15)20;1-10(2)23-11-8-13(18)16(22-3)15(9-11)19-14-7-5-4-6-12(14)17(20)21;1-23-16-9(17)6-11(19)13-14(16)18(7-12(20)21)10-5-3-2-4-8(10)15(13)22;1-19-14-8(15)6-10(17)11-12(14)16-9-5-3-2-4-7(9)13(11)18;1-2-7-4(6)3-5/h4-8,21H,3,9H2,1-2H3;4-10,19H,1-3H3,(H,20,21);2-6,19H,7H2,1H3,(H,20,21);2-6,17H,1H3,(H,16,18);2-3H2,1H3. The molecule has 23 nitrogen and oxygen atoms in total. The highest BCUT2D eigenvalue weighted by molar-refractivity contribution is 14.1. The molecule has 0 fully saturated rings. The summed E-state index contributed by atoms with van der Waals surface area (Å²) in [6, 6.07) is 34.3. The molecule has 0 atom stereocenters. The fourth-order valence-corrected chi connectivity index (χ4v) is 11.6. The lowest BCUT2D eigenvalue weighted by Gasteiger charge is -2.18. The lowest BCUT2D eigenvalue weighted by atomic mass is 10.1. The molecule has 7 N–H and O–H groups in total. The van der Waals surface area contributed by atoms with E-state index in [4.69, 9.17) is 74.8 Å². The number of H-pyrrole nitrogens is 1. The van der Waals surface area contributed by atoms with E-state index in [0.29, 0.717) is 82.9 Å². The van der Waals surface area contributed by atoms with Crippen molar-refractivity contribution in [2.75, 3.05) is 51.4 Å². The van der Waals surface area contributed by atoms with Crippen LogP contribution in [0.4, 0.5) is 11.4 Å². The third kappa shape index (κ3) is 16.9. The summed E-state index contributed by atoms with van der Waals surface area (Å²) in [4.78, 5) is 85.9. The number of aromatic amines is 1. The summed E-state index contributed by atoms with van der Waals surface area (Å²) in [6.07, 6.45) is -0.0152. The molecule has 0 radical (unpaired) electrons. The highest BCUT2D eigenvalue weighted by atomic mass is 127. The average Bonchev–Trinajstić information content (AvgIpc) is 0.696. The molecule has 28 heteroatoms. The first-order valence-electron chi connectivity index (χ1n) is 29.0. The molecule has 0 aliphatic heterocycles. The van der Waals surface area contributed by atoms with Crippen LogP contribution in [0.2, 0.25) is 20.1 Å². The predicted molar refractivity (Wildman–Crippen MR) is 383 cm³/mol. The first-order chi connectivity index (χ1) is 46.3. The molecule has 0 aliphatic carbocycles. The molecule has 3 aromatic heterocycles. The zero-order valence-corrected chi connectivity index (χ0v) is 58.2. The van der Waals surface area contributed by atoms with Crippen LogP contribution >= 0.6 is 69.0 Å².